The average Bonchev–Trinajstić information content (AvgIpc) is 2.91. The topological polar surface area (TPSA) is 152 Å². The molecule has 0 spiro atoms. The second-order valence-electron chi connectivity index (χ2n) is 9.61. The Morgan fingerprint density at radius 2 is 1.65 bits per heavy atom. The van der Waals surface area contributed by atoms with Gasteiger partial charge in [0, 0.05) is 17.8 Å². The zero-order chi connectivity index (χ0) is 29.0. The first-order valence-corrected chi connectivity index (χ1v) is 14.4. The first-order valence-electron chi connectivity index (χ1n) is 12.5. The summed E-state index contributed by atoms with van der Waals surface area (Å²) in [7, 11) is -4.08. The third-order valence-corrected chi connectivity index (χ3v) is 7.57. The highest BCUT2D eigenvalue weighted by Crippen LogP contribution is 2.24. The van der Waals surface area contributed by atoms with E-state index in [-0.39, 0.29) is 24.2 Å². The third-order valence-electron chi connectivity index (χ3n) is 6.39. The number of anilines is 2. The van der Waals surface area contributed by atoms with Gasteiger partial charge < -0.3 is 10.4 Å². The summed E-state index contributed by atoms with van der Waals surface area (Å²) in [5.74, 6) is -1.45. The molecule has 3 aromatic carbocycles. The minimum atomic E-state index is -4.08. The fourth-order valence-corrected chi connectivity index (χ4v) is 5.43. The molecule has 1 amide bonds. The van der Waals surface area contributed by atoms with Crippen molar-refractivity contribution in [3.63, 3.8) is 0 Å². The molecular formula is C28H29N5O6S. The molecule has 0 aliphatic carbocycles. The molecule has 0 aliphatic heterocycles. The Morgan fingerprint density at radius 3 is 2.25 bits per heavy atom. The maximum absolute atomic E-state index is 12.8. The Morgan fingerprint density at radius 1 is 1.00 bits per heavy atom. The number of carbonyl (C=O) groups is 2. The van der Waals surface area contributed by atoms with E-state index in [1.165, 1.54) is 24.3 Å². The number of aryl methyl sites for hydroxylation is 1. The molecule has 208 valence electrons. The summed E-state index contributed by atoms with van der Waals surface area (Å²) in [4.78, 5) is 37.8. The smallest absolute Gasteiger partial charge is 0.327 e. The summed E-state index contributed by atoms with van der Waals surface area (Å²) in [6.45, 7) is 3.96. The number of amides is 1. The number of aliphatic carboxylic acids is 1. The number of carboxylic acids is 1. The van der Waals surface area contributed by atoms with Gasteiger partial charge in [0.15, 0.2) is 0 Å². The van der Waals surface area contributed by atoms with Crippen molar-refractivity contribution in [1.82, 2.24) is 15.0 Å². The lowest BCUT2D eigenvalue weighted by molar-refractivity contribution is -0.138. The SMILES string of the molecule is CC(C)c1ccc(NC(=O)c2ccc(N(C(CCn3nnc4ccccc4c3=O)C(=O)O)S(C)(=O)=O)cc2)cc1. The van der Waals surface area contributed by atoms with Gasteiger partial charge in [-0.05, 0) is 66.4 Å². The molecule has 4 aromatic rings. The lowest BCUT2D eigenvalue weighted by Gasteiger charge is -2.29. The number of hydrogen-bond donors (Lipinski definition) is 2. The number of carboxylic acid groups (broad SMARTS) is 1. The highest BCUT2D eigenvalue weighted by Gasteiger charge is 2.33. The van der Waals surface area contributed by atoms with Gasteiger partial charge in [-0.2, -0.15) is 0 Å². The van der Waals surface area contributed by atoms with Crippen molar-refractivity contribution >= 4 is 44.2 Å². The maximum Gasteiger partial charge on any atom is 0.327 e. The molecule has 2 N–H and O–H groups in total. The fraction of sp³-hybridized carbons (Fsp3) is 0.250. The van der Waals surface area contributed by atoms with E-state index in [1.807, 2.05) is 12.1 Å². The molecule has 12 heteroatoms. The van der Waals surface area contributed by atoms with Crippen LogP contribution in [0.25, 0.3) is 10.9 Å². The summed E-state index contributed by atoms with van der Waals surface area (Å²) in [6.07, 6.45) is 0.635. The Kier molecular flexibility index (Phi) is 8.29. The van der Waals surface area contributed by atoms with E-state index in [1.54, 1.807) is 36.4 Å². The van der Waals surface area contributed by atoms with E-state index in [2.05, 4.69) is 29.5 Å². The van der Waals surface area contributed by atoms with Gasteiger partial charge in [0.2, 0.25) is 10.0 Å². The van der Waals surface area contributed by atoms with Crippen LogP contribution in [-0.4, -0.2) is 52.7 Å². The normalized spacial score (nSPS) is 12.3. The van der Waals surface area contributed by atoms with Crippen LogP contribution in [0.2, 0.25) is 0 Å². The number of nitrogens with zero attached hydrogens (tertiary/aromatic N) is 4. The standard InChI is InChI=1S/C28H29N5O6S/c1-18(2)19-8-12-21(13-9-19)29-26(34)20-10-14-22(15-11-20)33(40(3,38)39)25(28(36)37)16-17-32-27(35)23-6-4-5-7-24(23)30-31-32/h4-15,18,25H,16-17H2,1-3H3,(H,29,34)(H,36,37). The van der Waals surface area contributed by atoms with Crippen LogP contribution >= 0.6 is 0 Å². The second-order valence-corrected chi connectivity index (χ2v) is 11.5. The summed E-state index contributed by atoms with van der Waals surface area (Å²) < 4.78 is 27.3. The number of nitrogens with one attached hydrogen (secondary N) is 1. The van der Waals surface area contributed by atoms with E-state index in [9.17, 15) is 27.9 Å². The molecule has 0 bridgehead atoms. The molecule has 0 saturated heterocycles. The molecule has 11 nitrogen and oxygen atoms in total. The number of aromatic nitrogens is 3. The predicted octanol–water partition coefficient (Wildman–Crippen LogP) is 3.48. The number of sulfonamides is 1. The lowest BCUT2D eigenvalue weighted by atomic mass is 10.0. The van der Waals surface area contributed by atoms with Crippen molar-refractivity contribution in [2.75, 3.05) is 15.9 Å². The van der Waals surface area contributed by atoms with Crippen molar-refractivity contribution < 1.29 is 23.1 Å². The maximum atomic E-state index is 12.8. The minimum Gasteiger partial charge on any atom is -0.480 e. The number of fused-ring (bicyclic) bond motifs is 1. The minimum absolute atomic E-state index is 0.0599. The zero-order valence-corrected chi connectivity index (χ0v) is 23.0. The molecule has 0 saturated carbocycles. The highest BCUT2D eigenvalue weighted by atomic mass is 32.2. The van der Waals surface area contributed by atoms with Crippen LogP contribution in [0.4, 0.5) is 11.4 Å². The Balaban J connectivity index is 1.55. The number of rotatable bonds is 10. The van der Waals surface area contributed by atoms with Crippen LogP contribution in [0.15, 0.2) is 77.6 Å². The first-order chi connectivity index (χ1) is 19.0. The van der Waals surface area contributed by atoms with E-state index in [0.717, 1.165) is 20.8 Å². The van der Waals surface area contributed by atoms with Crippen molar-refractivity contribution in [1.29, 1.82) is 0 Å². The van der Waals surface area contributed by atoms with E-state index in [0.29, 0.717) is 22.5 Å². The number of benzene rings is 3. The van der Waals surface area contributed by atoms with Crippen LogP contribution in [0.5, 0.6) is 0 Å². The van der Waals surface area contributed by atoms with Gasteiger partial charge in [-0.3, -0.25) is 13.9 Å². The Bertz CT molecular complexity index is 1700. The summed E-state index contributed by atoms with van der Waals surface area (Å²) >= 11 is 0. The molecule has 0 aliphatic rings. The van der Waals surface area contributed by atoms with Crippen molar-refractivity contribution in [3.05, 3.63) is 94.3 Å². The summed E-state index contributed by atoms with van der Waals surface area (Å²) in [5.41, 5.74) is 1.99. The Labute approximate surface area is 231 Å². The van der Waals surface area contributed by atoms with Crippen LogP contribution in [0.3, 0.4) is 0 Å². The van der Waals surface area contributed by atoms with Crippen molar-refractivity contribution in [3.8, 4) is 0 Å². The summed E-state index contributed by atoms with van der Waals surface area (Å²) in [6, 6.07) is 18.1. The van der Waals surface area contributed by atoms with Gasteiger partial charge in [0.1, 0.15) is 11.6 Å². The van der Waals surface area contributed by atoms with Gasteiger partial charge in [0.05, 0.1) is 17.3 Å². The van der Waals surface area contributed by atoms with Gasteiger partial charge in [-0.25, -0.2) is 17.9 Å². The monoisotopic (exact) mass is 563 g/mol. The van der Waals surface area contributed by atoms with Crippen LogP contribution < -0.4 is 15.2 Å². The Hall–Kier alpha value is -4.58. The second kappa shape index (κ2) is 11.7. The van der Waals surface area contributed by atoms with Gasteiger partial charge >= 0.3 is 5.97 Å². The quantitative estimate of drug-likeness (QED) is 0.298. The molecule has 1 heterocycles. The number of carbonyl (C=O) groups excluding carboxylic acids is 1. The lowest BCUT2D eigenvalue weighted by Crippen LogP contribution is -2.46. The highest BCUT2D eigenvalue weighted by molar-refractivity contribution is 7.92. The largest absolute Gasteiger partial charge is 0.480 e. The van der Waals surface area contributed by atoms with E-state index in [4.69, 9.17) is 0 Å². The van der Waals surface area contributed by atoms with Crippen molar-refractivity contribution in [2.45, 2.75) is 38.8 Å². The first kappa shape index (κ1) is 28.4. The number of hydrogen-bond acceptors (Lipinski definition) is 7. The van der Waals surface area contributed by atoms with Crippen LogP contribution in [0.1, 0.15) is 42.1 Å². The third kappa shape index (κ3) is 6.34. The van der Waals surface area contributed by atoms with Crippen LogP contribution in [-0.2, 0) is 21.4 Å². The molecular weight excluding hydrogens is 534 g/mol. The predicted molar refractivity (Wildman–Crippen MR) is 152 cm³/mol. The molecule has 4 rings (SSSR count). The molecule has 1 atom stereocenters. The molecule has 40 heavy (non-hydrogen) atoms. The van der Waals surface area contributed by atoms with E-state index < -0.39 is 33.5 Å². The molecule has 1 aromatic heterocycles. The van der Waals surface area contributed by atoms with Gasteiger partial charge in [-0.1, -0.05) is 43.3 Å². The zero-order valence-electron chi connectivity index (χ0n) is 22.2. The fourth-order valence-electron chi connectivity index (χ4n) is 4.27. The van der Waals surface area contributed by atoms with Gasteiger partial charge in [0.25, 0.3) is 11.5 Å². The average molecular weight is 564 g/mol. The summed E-state index contributed by atoms with van der Waals surface area (Å²) in [5, 5.41) is 20.9. The van der Waals surface area contributed by atoms with Gasteiger partial charge in [-0.15, -0.1) is 5.10 Å². The van der Waals surface area contributed by atoms with E-state index >= 15 is 0 Å². The molecule has 0 fully saturated rings. The molecule has 1 unspecified atom stereocenters. The van der Waals surface area contributed by atoms with Crippen LogP contribution in [0, 0.1) is 0 Å². The molecule has 0 radical (unpaired) electrons. The van der Waals surface area contributed by atoms with Crippen molar-refractivity contribution in [2.24, 2.45) is 0 Å².